The summed E-state index contributed by atoms with van der Waals surface area (Å²) in [6.07, 6.45) is 1.10. The number of thioether (sulfide) groups is 1. The summed E-state index contributed by atoms with van der Waals surface area (Å²) in [6, 6.07) is 11.5. The average Bonchev–Trinajstić information content (AvgIpc) is 2.70. The van der Waals surface area contributed by atoms with Crippen molar-refractivity contribution >= 4 is 39.9 Å². The Labute approximate surface area is 180 Å². The molecule has 29 heavy (non-hydrogen) atoms. The molecular weight excluding hydrogens is 402 g/mol. The zero-order valence-electron chi connectivity index (χ0n) is 16.7. The van der Waals surface area contributed by atoms with E-state index < -0.39 is 0 Å². The first kappa shape index (κ1) is 20.2. The predicted octanol–water partition coefficient (Wildman–Crippen LogP) is 3.54. The zero-order chi connectivity index (χ0) is 20.5. The lowest BCUT2D eigenvalue weighted by Crippen LogP contribution is -2.48. The number of para-hydroxylation sites is 1. The van der Waals surface area contributed by atoms with E-state index in [1.807, 2.05) is 42.7 Å². The van der Waals surface area contributed by atoms with Gasteiger partial charge in [-0.15, -0.1) is 0 Å². The molecule has 2 aliphatic heterocycles. The molecule has 1 saturated heterocycles. The van der Waals surface area contributed by atoms with Crippen molar-refractivity contribution in [3.63, 3.8) is 0 Å². The number of benzene rings is 1. The van der Waals surface area contributed by atoms with Gasteiger partial charge in [-0.3, -0.25) is 9.59 Å². The standard InChI is InChI=1S/C22H25N3O2S2/c1-14-5-3-6-15(2)21(14)23-19(26)13-29-22(28)24-10-16-9-17(12-24)18-7-4-8-20(27)25(18)11-16/h3-8,16-17H,9-13H2,1-2H3,(H,23,26)/t16-,17-/m1/s1. The van der Waals surface area contributed by atoms with Crippen molar-refractivity contribution in [2.75, 3.05) is 24.2 Å². The largest absolute Gasteiger partial charge is 0.356 e. The minimum atomic E-state index is -0.0381. The van der Waals surface area contributed by atoms with Gasteiger partial charge in [0.05, 0.1) is 5.75 Å². The van der Waals surface area contributed by atoms with Crippen LogP contribution in [0.15, 0.2) is 41.2 Å². The fourth-order valence-electron chi connectivity index (χ4n) is 4.45. The lowest BCUT2D eigenvalue weighted by atomic mass is 9.83. The lowest BCUT2D eigenvalue weighted by Gasteiger charge is -2.43. The molecule has 0 spiro atoms. The molecule has 1 N–H and O–H groups in total. The Hall–Kier alpha value is -2.12. The third-order valence-electron chi connectivity index (χ3n) is 5.81. The molecule has 1 amide bonds. The van der Waals surface area contributed by atoms with E-state index in [9.17, 15) is 9.59 Å². The molecule has 2 atom stereocenters. The Balaban J connectivity index is 1.36. The number of hydrogen-bond donors (Lipinski definition) is 1. The molecule has 5 nitrogen and oxygen atoms in total. The molecule has 0 aliphatic carbocycles. The number of nitrogens with zero attached hydrogens (tertiary/aromatic N) is 2. The van der Waals surface area contributed by atoms with Gasteiger partial charge < -0.3 is 14.8 Å². The van der Waals surface area contributed by atoms with Crippen LogP contribution in [0.1, 0.15) is 29.2 Å². The number of nitrogens with one attached hydrogen (secondary N) is 1. The summed E-state index contributed by atoms with van der Waals surface area (Å²) in [5.74, 6) is 1.000. The number of fused-ring (bicyclic) bond motifs is 4. The van der Waals surface area contributed by atoms with E-state index in [0.717, 1.165) is 52.9 Å². The third kappa shape index (κ3) is 4.26. The summed E-state index contributed by atoms with van der Waals surface area (Å²) >= 11 is 7.07. The second-order valence-electron chi connectivity index (χ2n) is 7.97. The molecule has 3 heterocycles. The molecule has 0 radical (unpaired) electrons. The predicted molar refractivity (Wildman–Crippen MR) is 123 cm³/mol. The van der Waals surface area contributed by atoms with Crippen molar-refractivity contribution in [1.82, 2.24) is 9.47 Å². The smallest absolute Gasteiger partial charge is 0.250 e. The van der Waals surface area contributed by atoms with Gasteiger partial charge in [0.2, 0.25) is 5.91 Å². The van der Waals surface area contributed by atoms with Crippen LogP contribution in [0, 0.1) is 19.8 Å². The Morgan fingerprint density at radius 1 is 1.14 bits per heavy atom. The molecule has 7 heteroatoms. The van der Waals surface area contributed by atoms with Crippen LogP contribution < -0.4 is 10.9 Å². The number of pyridine rings is 1. The van der Waals surface area contributed by atoms with Crippen LogP contribution in [0.25, 0.3) is 0 Å². The Morgan fingerprint density at radius 3 is 2.62 bits per heavy atom. The molecule has 1 aromatic carbocycles. The second kappa shape index (κ2) is 8.32. The number of aryl methyl sites for hydroxylation is 2. The van der Waals surface area contributed by atoms with E-state index in [2.05, 4.69) is 16.3 Å². The molecule has 2 aliphatic rings. The fraction of sp³-hybridized carbons (Fsp3) is 0.409. The third-order valence-corrected chi connectivity index (χ3v) is 7.33. The quantitative estimate of drug-likeness (QED) is 0.760. The molecule has 1 aromatic heterocycles. The van der Waals surface area contributed by atoms with Crippen LogP contribution in [0.4, 0.5) is 5.69 Å². The highest BCUT2D eigenvalue weighted by atomic mass is 32.2. The van der Waals surface area contributed by atoms with E-state index in [4.69, 9.17) is 12.2 Å². The number of anilines is 1. The van der Waals surface area contributed by atoms with Crippen LogP contribution >= 0.6 is 24.0 Å². The highest BCUT2D eigenvalue weighted by molar-refractivity contribution is 8.23. The van der Waals surface area contributed by atoms with E-state index in [-0.39, 0.29) is 11.5 Å². The maximum Gasteiger partial charge on any atom is 0.250 e. The maximum absolute atomic E-state index is 12.5. The SMILES string of the molecule is Cc1cccc(C)c1NC(=O)CSC(=S)N1C[C@H]2C[C@H](C1)c1cccc(=O)n1C2. The molecule has 2 bridgehead atoms. The van der Waals surface area contributed by atoms with E-state index in [0.29, 0.717) is 17.6 Å². The molecule has 0 saturated carbocycles. The first-order chi connectivity index (χ1) is 13.9. The van der Waals surface area contributed by atoms with Crippen molar-refractivity contribution in [2.45, 2.75) is 32.7 Å². The normalized spacial score (nSPS) is 20.1. The van der Waals surface area contributed by atoms with Gasteiger partial charge in [-0.2, -0.15) is 0 Å². The van der Waals surface area contributed by atoms with Crippen LogP contribution in [0.2, 0.25) is 0 Å². The van der Waals surface area contributed by atoms with Gasteiger partial charge in [0.1, 0.15) is 4.32 Å². The fourth-order valence-corrected chi connectivity index (χ4v) is 5.44. The Morgan fingerprint density at radius 2 is 1.86 bits per heavy atom. The molecule has 1 fully saturated rings. The molecular formula is C22H25N3O2S2. The number of hydrogen-bond acceptors (Lipinski definition) is 4. The summed E-state index contributed by atoms with van der Waals surface area (Å²) < 4.78 is 2.69. The number of aromatic nitrogens is 1. The maximum atomic E-state index is 12.5. The van der Waals surface area contributed by atoms with Crippen LogP contribution in [-0.4, -0.2) is 38.5 Å². The van der Waals surface area contributed by atoms with Gasteiger partial charge in [-0.25, -0.2) is 0 Å². The second-order valence-corrected chi connectivity index (χ2v) is 9.58. The van der Waals surface area contributed by atoms with Gasteiger partial charge >= 0.3 is 0 Å². The van der Waals surface area contributed by atoms with Crippen LogP contribution in [0.5, 0.6) is 0 Å². The van der Waals surface area contributed by atoms with Crippen molar-refractivity contribution < 1.29 is 4.79 Å². The topological polar surface area (TPSA) is 54.3 Å². The molecule has 0 unspecified atom stereocenters. The number of thiocarbonyl (C=S) groups is 1. The van der Waals surface area contributed by atoms with Crippen molar-refractivity contribution in [2.24, 2.45) is 5.92 Å². The van der Waals surface area contributed by atoms with Gasteiger partial charge in [-0.05, 0) is 43.4 Å². The zero-order valence-corrected chi connectivity index (χ0v) is 18.3. The first-order valence-corrected chi connectivity index (χ1v) is 11.3. The van der Waals surface area contributed by atoms with E-state index >= 15 is 0 Å². The monoisotopic (exact) mass is 427 g/mol. The van der Waals surface area contributed by atoms with Gasteiger partial charge in [-0.1, -0.05) is 48.2 Å². The van der Waals surface area contributed by atoms with Crippen molar-refractivity contribution in [3.05, 3.63) is 63.6 Å². The van der Waals surface area contributed by atoms with Gasteiger partial charge in [0.25, 0.3) is 5.56 Å². The number of likely N-dealkylation sites (tertiary alicyclic amines) is 1. The summed E-state index contributed by atoms with van der Waals surface area (Å²) in [6.45, 7) is 6.40. The van der Waals surface area contributed by atoms with Crippen LogP contribution in [0.3, 0.4) is 0 Å². The van der Waals surface area contributed by atoms with Gasteiger partial charge in [0, 0.05) is 43.0 Å². The summed E-state index contributed by atoms with van der Waals surface area (Å²) in [5.41, 5.74) is 4.20. The molecule has 4 rings (SSSR count). The number of carbonyl (C=O) groups is 1. The number of carbonyl (C=O) groups excluding carboxylic acids is 1. The highest BCUT2D eigenvalue weighted by Crippen LogP contribution is 2.36. The minimum absolute atomic E-state index is 0.0381. The highest BCUT2D eigenvalue weighted by Gasteiger charge is 2.35. The van der Waals surface area contributed by atoms with E-state index in [1.54, 1.807) is 6.07 Å². The Kier molecular flexibility index (Phi) is 5.79. The number of rotatable bonds is 3. The number of piperidine rings is 1. The summed E-state index contributed by atoms with van der Waals surface area (Å²) in [7, 11) is 0. The first-order valence-electron chi connectivity index (χ1n) is 9.90. The lowest BCUT2D eigenvalue weighted by molar-refractivity contribution is -0.113. The molecule has 152 valence electrons. The number of amides is 1. The summed E-state index contributed by atoms with van der Waals surface area (Å²) in [5, 5.41) is 3.02. The summed E-state index contributed by atoms with van der Waals surface area (Å²) in [4.78, 5) is 26.8. The van der Waals surface area contributed by atoms with Crippen molar-refractivity contribution in [3.8, 4) is 0 Å². The molecule has 2 aromatic rings. The van der Waals surface area contributed by atoms with Gasteiger partial charge in [0.15, 0.2) is 0 Å². The minimum Gasteiger partial charge on any atom is -0.356 e. The van der Waals surface area contributed by atoms with Crippen molar-refractivity contribution in [1.29, 1.82) is 0 Å². The van der Waals surface area contributed by atoms with Crippen LogP contribution in [-0.2, 0) is 11.3 Å². The van der Waals surface area contributed by atoms with E-state index in [1.165, 1.54) is 11.8 Å². The Bertz CT molecular complexity index is 997. The average molecular weight is 428 g/mol.